The van der Waals surface area contributed by atoms with E-state index in [1.165, 1.54) is 30.3 Å². The first-order valence-corrected chi connectivity index (χ1v) is 11.5. The first-order valence-electron chi connectivity index (χ1n) is 9.27. The molecule has 162 valence electrons. The fraction of sp³-hybridized carbons (Fsp3) is 0.136. The van der Waals surface area contributed by atoms with E-state index in [1.807, 2.05) is 25.1 Å². The number of sulfonamides is 1. The van der Waals surface area contributed by atoms with Gasteiger partial charge in [-0.2, -0.15) is 0 Å². The zero-order chi connectivity index (χ0) is 22.6. The molecule has 0 unspecified atom stereocenters. The molecule has 0 aromatic heterocycles. The largest absolute Gasteiger partial charge is 0.481 e. The summed E-state index contributed by atoms with van der Waals surface area (Å²) in [5.74, 6) is 0.232. The molecule has 3 aromatic rings. The predicted molar refractivity (Wildman–Crippen MR) is 124 cm³/mol. The second-order valence-electron chi connectivity index (χ2n) is 6.80. The molecule has 1 atom stereocenters. The van der Waals surface area contributed by atoms with Gasteiger partial charge < -0.3 is 10.1 Å². The number of hydrogen-bond donors (Lipinski definition) is 2. The summed E-state index contributed by atoms with van der Waals surface area (Å²) in [6.45, 7) is 3.57. The number of nitrogens with one attached hydrogen (secondary N) is 2. The number of hydrogen-bond acceptors (Lipinski definition) is 4. The SMILES string of the molecule is Cc1cccc(O[C@H](C)C(=O)Nc2ccc(S(=O)(=O)Nc3cccc(Cl)c3Cl)cc2)c1. The highest BCUT2D eigenvalue weighted by molar-refractivity contribution is 7.92. The Hall–Kier alpha value is -2.74. The second-order valence-corrected chi connectivity index (χ2v) is 9.26. The number of carbonyl (C=O) groups excluding carboxylic acids is 1. The lowest BCUT2D eigenvalue weighted by molar-refractivity contribution is -0.122. The van der Waals surface area contributed by atoms with Gasteiger partial charge in [-0.15, -0.1) is 0 Å². The summed E-state index contributed by atoms with van der Waals surface area (Å²) in [4.78, 5) is 12.4. The molecule has 0 saturated carbocycles. The Kier molecular flexibility index (Phi) is 7.10. The number of rotatable bonds is 7. The number of aryl methyl sites for hydroxylation is 1. The van der Waals surface area contributed by atoms with E-state index in [2.05, 4.69) is 10.0 Å². The van der Waals surface area contributed by atoms with E-state index in [1.54, 1.807) is 25.1 Å². The number of amides is 1. The molecular weight excluding hydrogens is 459 g/mol. The molecule has 0 spiro atoms. The van der Waals surface area contributed by atoms with Crippen LogP contribution in [0, 0.1) is 6.92 Å². The van der Waals surface area contributed by atoms with Gasteiger partial charge in [0.2, 0.25) is 0 Å². The quantitative estimate of drug-likeness (QED) is 0.468. The minimum Gasteiger partial charge on any atom is -0.481 e. The third-order valence-corrected chi connectivity index (χ3v) is 6.50. The van der Waals surface area contributed by atoms with E-state index in [-0.39, 0.29) is 26.5 Å². The highest BCUT2D eigenvalue weighted by Crippen LogP contribution is 2.31. The number of halogens is 2. The van der Waals surface area contributed by atoms with Crippen molar-refractivity contribution >= 4 is 50.5 Å². The van der Waals surface area contributed by atoms with E-state index >= 15 is 0 Å². The predicted octanol–water partition coefficient (Wildman–Crippen LogP) is 5.51. The van der Waals surface area contributed by atoms with Crippen LogP contribution in [0.15, 0.2) is 71.6 Å². The van der Waals surface area contributed by atoms with Crippen LogP contribution in [-0.4, -0.2) is 20.4 Å². The molecule has 9 heteroatoms. The normalized spacial score (nSPS) is 12.1. The van der Waals surface area contributed by atoms with Crippen LogP contribution in [0.2, 0.25) is 10.0 Å². The molecule has 0 aliphatic heterocycles. The van der Waals surface area contributed by atoms with E-state index in [0.29, 0.717) is 11.4 Å². The molecule has 3 rings (SSSR count). The molecule has 2 N–H and O–H groups in total. The van der Waals surface area contributed by atoms with Crippen LogP contribution in [0.1, 0.15) is 12.5 Å². The summed E-state index contributed by atoms with van der Waals surface area (Å²) in [7, 11) is -3.89. The van der Waals surface area contributed by atoms with Gasteiger partial charge in [-0.05, 0) is 67.9 Å². The van der Waals surface area contributed by atoms with Gasteiger partial charge in [0.1, 0.15) is 5.75 Å². The lowest BCUT2D eigenvalue weighted by Crippen LogP contribution is -2.30. The van der Waals surface area contributed by atoms with Crippen molar-refractivity contribution in [1.82, 2.24) is 0 Å². The van der Waals surface area contributed by atoms with E-state index in [9.17, 15) is 13.2 Å². The second kappa shape index (κ2) is 9.60. The summed E-state index contributed by atoms with van der Waals surface area (Å²) in [5, 5.41) is 3.05. The van der Waals surface area contributed by atoms with Crippen molar-refractivity contribution < 1.29 is 17.9 Å². The summed E-state index contributed by atoms with van der Waals surface area (Å²) < 4.78 is 33.3. The first kappa shape index (κ1) is 22.9. The van der Waals surface area contributed by atoms with E-state index in [0.717, 1.165) is 5.56 Å². The van der Waals surface area contributed by atoms with E-state index < -0.39 is 16.1 Å². The van der Waals surface area contributed by atoms with Gasteiger partial charge in [-0.1, -0.05) is 41.4 Å². The minimum absolute atomic E-state index is 0.00519. The highest BCUT2D eigenvalue weighted by atomic mass is 35.5. The molecule has 31 heavy (non-hydrogen) atoms. The van der Waals surface area contributed by atoms with Crippen LogP contribution in [0.5, 0.6) is 5.75 Å². The van der Waals surface area contributed by atoms with Gasteiger partial charge in [0.05, 0.1) is 20.6 Å². The van der Waals surface area contributed by atoms with Crippen LogP contribution in [-0.2, 0) is 14.8 Å². The van der Waals surface area contributed by atoms with Crippen molar-refractivity contribution in [1.29, 1.82) is 0 Å². The maximum absolute atomic E-state index is 12.6. The maximum atomic E-state index is 12.6. The van der Waals surface area contributed by atoms with Crippen LogP contribution < -0.4 is 14.8 Å². The number of benzene rings is 3. The molecule has 0 fully saturated rings. The summed E-state index contributed by atoms with van der Waals surface area (Å²) >= 11 is 12.0. The monoisotopic (exact) mass is 478 g/mol. The fourth-order valence-electron chi connectivity index (χ4n) is 2.69. The molecule has 0 bridgehead atoms. The highest BCUT2D eigenvalue weighted by Gasteiger charge is 2.18. The molecule has 3 aromatic carbocycles. The molecule has 0 heterocycles. The van der Waals surface area contributed by atoms with Crippen LogP contribution >= 0.6 is 23.2 Å². The Balaban J connectivity index is 1.66. The van der Waals surface area contributed by atoms with Crippen molar-refractivity contribution in [2.45, 2.75) is 24.8 Å². The molecule has 0 aliphatic rings. The maximum Gasteiger partial charge on any atom is 0.265 e. The smallest absolute Gasteiger partial charge is 0.265 e. The molecule has 0 saturated heterocycles. The lowest BCUT2D eigenvalue weighted by Gasteiger charge is -2.15. The third-order valence-electron chi connectivity index (χ3n) is 4.30. The van der Waals surface area contributed by atoms with Crippen LogP contribution in [0.3, 0.4) is 0 Å². The molecular formula is C22H20Cl2N2O4S. The average molecular weight is 479 g/mol. The lowest BCUT2D eigenvalue weighted by atomic mass is 10.2. The topological polar surface area (TPSA) is 84.5 Å². The van der Waals surface area contributed by atoms with Crippen molar-refractivity contribution in [2.24, 2.45) is 0 Å². The third kappa shape index (κ3) is 5.91. The van der Waals surface area contributed by atoms with Crippen LogP contribution in [0.25, 0.3) is 0 Å². The Morgan fingerprint density at radius 3 is 2.35 bits per heavy atom. The zero-order valence-electron chi connectivity index (χ0n) is 16.7. The Morgan fingerprint density at radius 2 is 1.68 bits per heavy atom. The van der Waals surface area contributed by atoms with Crippen molar-refractivity contribution in [3.8, 4) is 5.75 Å². The molecule has 6 nitrogen and oxygen atoms in total. The van der Waals surface area contributed by atoms with Crippen molar-refractivity contribution in [2.75, 3.05) is 10.0 Å². The Morgan fingerprint density at radius 1 is 1.00 bits per heavy atom. The summed E-state index contributed by atoms with van der Waals surface area (Å²) in [6.07, 6.45) is -0.739. The minimum atomic E-state index is -3.89. The molecule has 0 aliphatic carbocycles. The number of anilines is 2. The Labute approximate surface area is 191 Å². The van der Waals surface area contributed by atoms with Gasteiger partial charge >= 0.3 is 0 Å². The van der Waals surface area contributed by atoms with Crippen LogP contribution in [0.4, 0.5) is 11.4 Å². The van der Waals surface area contributed by atoms with E-state index in [4.69, 9.17) is 27.9 Å². The average Bonchev–Trinajstić information content (AvgIpc) is 2.71. The number of ether oxygens (including phenoxy) is 1. The Bertz CT molecular complexity index is 1200. The van der Waals surface area contributed by atoms with Gasteiger partial charge in [-0.3, -0.25) is 9.52 Å². The summed E-state index contributed by atoms with van der Waals surface area (Å²) in [5.41, 5.74) is 1.63. The summed E-state index contributed by atoms with van der Waals surface area (Å²) in [6, 6.07) is 17.8. The molecule has 0 radical (unpaired) electrons. The standard InChI is InChI=1S/C22H20Cl2N2O4S/c1-14-5-3-6-17(13-14)30-15(2)22(27)25-16-9-11-18(12-10-16)31(28,29)26-20-8-4-7-19(23)21(20)24/h3-13,15,26H,1-2H3,(H,25,27)/t15-/m1/s1. The fourth-order valence-corrected chi connectivity index (χ4v) is 4.17. The van der Waals surface area contributed by atoms with Crippen molar-refractivity contribution in [3.63, 3.8) is 0 Å². The van der Waals surface area contributed by atoms with Crippen molar-refractivity contribution in [3.05, 3.63) is 82.3 Å². The van der Waals surface area contributed by atoms with Gasteiger partial charge in [-0.25, -0.2) is 8.42 Å². The first-order chi connectivity index (χ1) is 14.7. The van der Waals surface area contributed by atoms with Gasteiger partial charge in [0.15, 0.2) is 6.10 Å². The zero-order valence-corrected chi connectivity index (χ0v) is 19.1. The van der Waals surface area contributed by atoms with Gasteiger partial charge in [0, 0.05) is 5.69 Å². The number of carbonyl (C=O) groups is 1. The van der Waals surface area contributed by atoms with Gasteiger partial charge in [0.25, 0.3) is 15.9 Å². The molecule has 1 amide bonds.